The van der Waals surface area contributed by atoms with Crippen molar-refractivity contribution in [3.63, 3.8) is 0 Å². The summed E-state index contributed by atoms with van der Waals surface area (Å²) in [6, 6.07) is 3.76. The van der Waals surface area contributed by atoms with Crippen LogP contribution in [0.1, 0.15) is 34.2 Å². The molecule has 0 aliphatic carbocycles. The van der Waals surface area contributed by atoms with E-state index in [0.29, 0.717) is 0 Å². The number of esters is 1. The van der Waals surface area contributed by atoms with Gasteiger partial charge in [-0.2, -0.15) is 8.78 Å². The Bertz CT molecular complexity index is 1070. The van der Waals surface area contributed by atoms with Crippen LogP contribution in [0.15, 0.2) is 35.4 Å². The summed E-state index contributed by atoms with van der Waals surface area (Å²) in [4.78, 5) is 38.2. The van der Waals surface area contributed by atoms with Crippen molar-refractivity contribution in [2.75, 3.05) is 18.1 Å². The maximum Gasteiger partial charge on any atom is 0.341 e. The Labute approximate surface area is 181 Å². The molecule has 0 radical (unpaired) electrons. The van der Waals surface area contributed by atoms with E-state index in [1.807, 2.05) is 0 Å². The standard InChI is InChI=1S/C20H24F2N4O6/c1-19(2,3)32-17(29)20(4,30)15-16(28)24(9-10-31-15)13-7-8-26(23-13)12-5-6-14(27)25(11-12)18(21)22/h5-8,11,15,18,30H,9-10H2,1-4H3. The van der Waals surface area contributed by atoms with Crippen LogP contribution in [-0.4, -0.2) is 61.8 Å². The molecule has 10 nitrogen and oxygen atoms in total. The molecule has 2 aromatic rings. The lowest BCUT2D eigenvalue weighted by atomic mass is 9.96. The smallest absolute Gasteiger partial charge is 0.341 e. The lowest BCUT2D eigenvalue weighted by Gasteiger charge is -2.38. The first kappa shape index (κ1) is 23.5. The second-order valence-electron chi connectivity index (χ2n) is 8.42. The summed E-state index contributed by atoms with van der Waals surface area (Å²) in [6.45, 7) is 3.10. The lowest BCUT2D eigenvalue weighted by molar-refractivity contribution is -0.194. The van der Waals surface area contributed by atoms with Crippen molar-refractivity contribution in [3.05, 3.63) is 40.9 Å². The Kier molecular flexibility index (Phi) is 6.20. The number of rotatable bonds is 5. The fourth-order valence-electron chi connectivity index (χ4n) is 3.09. The van der Waals surface area contributed by atoms with Gasteiger partial charge in [-0.1, -0.05) is 0 Å². The average Bonchev–Trinajstić information content (AvgIpc) is 3.16. The fourth-order valence-corrected chi connectivity index (χ4v) is 3.09. The summed E-state index contributed by atoms with van der Waals surface area (Å²) in [7, 11) is 0. The number of alkyl halides is 2. The number of amides is 1. The first-order chi connectivity index (χ1) is 14.8. The number of morpholine rings is 1. The van der Waals surface area contributed by atoms with Gasteiger partial charge in [-0.05, 0) is 33.8 Å². The number of aliphatic hydroxyl groups is 1. The van der Waals surface area contributed by atoms with Gasteiger partial charge in [0.05, 0.1) is 18.8 Å². The Balaban J connectivity index is 1.85. The highest BCUT2D eigenvalue weighted by molar-refractivity contribution is 6.01. The fraction of sp³-hybridized carbons (Fsp3) is 0.500. The number of carbonyl (C=O) groups is 2. The third kappa shape index (κ3) is 4.70. The van der Waals surface area contributed by atoms with Gasteiger partial charge in [-0.25, -0.2) is 9.48 Å². The predicted octanol–water partition coefficient (Wildman–Crippen LogP) is 1.25. The number of pyridine rings is 1. The van der Waals surface area contributed by atoms with Gasteiger partial charge in [-0.3, -0.25) is 19.1 Å². The molecule has 1 amide bonds. The Morgan fingerprint density at radius 3 is 2.56 bits per heavy atom. The van der Waals surface area contributed by atoms with Crippen LogP contribution < -0.4 is 10.5 Å². The molecule has 2 aromatic heterocycles. The number of aromatic nitrogens is 3. The zero-order valence-electron chi connectivity index (χ0n) is 18.0. The first-order valence-corrected chi connectivity index (χ1v) is 9.76. The minimum atomic E-state index is -3.02. The number of hydrogen-bond donors (Lipinski definition) is 1. The van der Waals surface area contributed by atoms with E-state index < -0.39 is 41.3 Å². The van der Waals surface area contributed by atoms with E-state index in [1.54, 1.807) is 20.8 Å². The molecule has 0 spiro atoms. The summed E-state index contributed by atoms with van der Waals surface area (Å²) in [5.74, 6) is -1.57. The lowest BCUT2D eigenvalue weighted by Crippen LogP contribution is -2.61. The Morgan fingerprint density at radius 2 is 1.94 bits per heavy atom. The van der Waals surface area contributed by atoms with Crippen molar-refractivity contribution in [1.29, 1.82) is 0 Å². The summed E-state index contributed by atoms with van der Waals surface area (Å²) in [6.07, 6.45) is 0.840. The van der Waals surface area contributed by atoms with Crippen molar-refractivity contribution in [2.24, 2.45) is 0 Å². The van der Waals surface area contributed by atoms with Gasteiger partial charge in [0.15, 0.2) is 17.5 Å². The van der Waals surface area contributed by atoms with E-state index >= 15 is 0 Å². The minimum Gasteiger partial charge on any atom is -0.458 e. The van der Waals surface area contributed by atoms with E-state index in [9.17, 15) is 28.3 Å². The molecule has 32 heavy (non-hydrogen) atoms. The van der Waals surface area contributed by atoms with Crippen LogP contribution in [0.2, 0.25) is 0 Å². The van der Waals surface area contributed by atoms with Crippen molar-refractivity contribution in [2.45, 2.75) is 51.6 Å². The molecule has 1 N–H and O–H groups in total. The molecule has 2 unspecified atom stereocenters. The summed E-state index contributed by atoms with van der Waals surface area (Å²) in [5.41, 5.74) is -3.83. The Hall–Kier alpha value is -3.12. The molecule has 1 aliphatic heterocycles. The number of anilines is 1. The third-order valence-electron chi connectivity index (χ3n) is 4.66. The Morgan fingerprint density at radius 1 is 1.25 bits per heavy atom. The summed E-state index contributed by atoms with van der Waals surface area (Å²) < 4.78 is 38.1. The van der Waals surface area contributed by atoms with Crippen LogP contribution in [0, 0.1) is 0 Å². The molecule has 1 saturated heterocycles. The van der Waals surface area contributed by atoms with Gasteiger partial charge in [-0.15, -0.1) is 5.10 Å². The molecule has 0 bridgehead atoms. The largest absolute Gasteiger partial charge is 0.458 e. The number of ether oxygens (including phenoxy) is 2. The van der Waals surface area contributed by atoms with Gasteiger partial charge in [0.1, 0.15) is 5.60 Å². The van der Waals surface area contributed by atoms with Crippen molar-refractivity contribution >= 4 is 17.7 Å². The topological polar surface area (TPSA) is 116 Å². The highest BCUT2D eigenvalue weighted by atomic mass is 19.3. The number of carbonyl (C=O) groups excluding carboxylic acids is 2. The van der Waals surface area contributed by atoms with E-state index in [1.165, 1.54) is 27.9 Å². The maximum absolute atomic E-state index is 13.0. The van der Waals surface area contributed by atoms with Crippen LogP contribution in [-0.2, 0) is 19.1 Å². The van der Waals surface area contributed by atoms with E-state index in [4.69, 9.17) is 9.47 Å². The predicted molar refractivity (Wildman–Crippen MR) is 108 cm³/mol. The van der Waals surface area contributed by atoms with Gasteiger partial charge in [0.2, 0.25) is 0 Å². The molecular weight excluding hydrogens is 430 g/mol. The number of halogens is 2. The normalized spacial score (nSPS) is 19.2. The van der Waals surface area contributed by atoms with Gasteiger partial charge in [0.25, 0.3) is 11.5 Å². The number of nitrogens with zero attached hydrogens (tertiary/aromatic N) is 4. The molecule has 174 valence electrons. The van der Waals surface area contributed by atoms with Crippen LogP contribution in [0.25, 0.3) is 5.69 Å². The van der Waals surface area contributed by atoms with Crippen molar-refractivity contribution in [1.82, 2.24) is 14.3 Å². The minimum absolute atomic E-state index is 0.0124. The SMILES string of the molecule is CC(C)(C)OC(=O)C(C)(O)C1OCCN(c2ccn(-c3ccc(=O)n(C(F)F)c3)n2)C1=O. The van der Waals surface area contributed by atoms with Crippen LogP contribution in [0.4, 0.5) is 14.6 Å². The second kappa shape index (κ2) is 8.43. The van der Waals surface area contributed by atoms with Crippen LogP contribution in [0.3, 0.4) is 0 Å². The van der Waals surface area contributed by atoms with E-state index in [2.05, 4.69) is 5.10 Å². The van der Waals surface area contributed by atoms with Gasteiger partial charge in [0, 0.05) is 24.5 Å². The molecule has 12 heteroatoms. The quantitative estimate of drug-likeness (QED) is 0.676. The molecule has 1 fully saturated rings. The van der Waals surface area contributed by atoms with Crippen molar-refractivity contribution < 1.29 is 33.0 Å². The summed E-state index contributed by atoms with van der Waals surface area (Å²) >= 11 is 0. The first-order valence-electron chi connectivity index (χ1n) is 9.76. The average molecular weight is 454 g/mol. The van der Waals surface area contributed by atoms with Crippen molar-refractivity contribution in [3.8, 4) is 5.69 Å². The molecule has 1 aliphatic rings. The van der Waals surface area contributed by atoms with E-state index in [0.717, 1.165) is 19.2 Å². The maximum atomic E-state index is 13.0. The highest BCUT2D eigenvalue weighted by Crippen LogP contribution is 2.26. The molecule has 0 aromatic carbocycles. The summed E-state index contributed by atoms with van der Waals surface area (Å²) in [5, 5.41) is 14.9. The molecule has 3 heterocycles. The van der Waals surface area contributed by atoms with Gasteiger partial charge < -0.3 is 14.6 Å². The monoisotopic (exact) mass is 454 g/mol. The van der Waals surface area contributed by atoms with Crippen LogP contribution in [0.5, 0.6) is 0 Å². The molecule has 3 rings (SSSR count). The highest BCUT2D eigenvalue weighted by Gasteiger charge is 2.50. The second-order valence-corrected chi connectivity index (χ2v) is 8.42. The van der Waals surface area contributed by atoms with Gasteiger partial charge >= 0.3 is 12.5 Å². The molecule has 0 saturated carbocycles. The zero-order valence-corrected chi connectivity index (χ0v) is 18.0. The molecular formula is C20H24F2N4O6. The van der Waals surface area contributed by atoms with Crippen LogP contribution >= 0.6 is 0 Å². The molecule has 2 atom stereocenters. The zero-order chi connectivity index (χ0) is 23.8. The van der Waals surface area contributed by atoms with E-state index in [-0.39, 0.29) is 29.2 Å². The third-order valence-corrected chi connectivity index (χ3v) is 4.66. The number of hydrogen-bond acceptors (Lipinski definition) is 7.